The van der Waals surface area contributed by atoms with Gasteiger partial charge in [0, 0.05) is 86.3 Å². The van der Waals surface area contributed by atoms with Crippen LogP contribution in [0.4, 0.5) is 68.2 Å². The molecule has 0 fully saturated rings. The third-order valence-corrected chi connectivity index (χ3v) is 21.2. The highest BCUT2D eigenvalue weighted by Crippen LogP contribution is 2.52. The van der Waals surface area contributed by atoms with Crippen molar-refractivity contribution in [2.24, 2.45) is 51.1 Å². The molecule has 0 heterocycles. The molecule has 14 N–H and O–H groups in total. The molecule has 0 unspecified atom stereocenters. The smallest absolute Gasteiger partial charge is 0.297 e. The fraction of sp³-hybridized carbons (Fsp3) is 0.127. The molecule has 0 saturated carbocycles. The van der Waals surface area contributed by atoms with E-state index in [-0.39, 0.29) is 100.0 Å². The lowest BCUT2D eigenvalue weighted by molar-refractivity contribution is -0.432. The molecule has 0 aliphatic carbocycles. The summed E-state index contributed by atoms with van der Waals surface area (Å²) in [6, 6.07) is 16.2. The van der Waals surface area contributed by atoms with Crippen molar-refractivity contribution in [1.29, 1.82) is 0 Å². The summed E-state index contributed by atoms with van der Waals surface area (Å²) >= 11 is 1.72. The number of azo groups is 5. The lowest BCUT2D eigenvalue weighted by Crippen LogP contribution is -2.03. The maximum atomic E-state index is 13.4. The molecule has 0 atom stereocenters. The Bertz CT molecular complexity index is 5870. The summed E-state index contributed by atoms with van der Waals surface area (Å²) in [7, 11) is -27.0. The fourth-order valence-corrected chi connectivity index (χ4v) is 14.7. The van der Waals surface area contributed by atoms with E-state index < -0.39 is 174 Å². The number of rotatable bonds is 36. The zero-order chi connectivity index (χ0) is 80.2. The van der Waals surface area contributed by atoms with E-state index in [1.54, 1.807) is 0 Å². The minimum absolute atomic E-state index is 0.000393. The fourth-order valence-electron chi connectivity index (χ4n) is 9.70. The first-order valence-electron chi connectivity index (χ1n) is 29.0. The lowest BCUT2D eigenvalue weighted by atomic mass is 10.0. The molecule has 110 heavy (non-hydrogen) atoms. The van der Waals surface area contributed by atoms with Crippen LogP contribution in [0.25, 0.3) is 32.3 Å². The molecule has 0 aliphatic rings. The second-order valence-electron chi connectivity index (χ2n) is 21.2. The van der Waals surface area contributed by atoms with E-state index in [1.807, 2.05) is 0 Å². The second-order valence-corrected chi connectivity index (χ2v) is 31.2. The number of phenolic OH excluding ortho intramolecular Hbond substituents is 3. The number of fused-ring (bicyclic) bond motifs is 3. The quantitative estimate of drug-likeness (QED) is 0.00253. The predicted octanol–water partition coefficient (Wildman–Crippen LogP) is 14.9. The first-order valence-corrected chi connectivity index (χ1v) is 39.5. The van der Waals surface area contributed by atoms with E-state index in [2.05, 4.69) is 88.6 Å². The van der Waals surface area contributed by atoms with E-state index in [0.717, 1.165) is 42.5 Å². The number of anilines is 1. The summed E-state index contributed by atoms with van der Waals surface area (Å²) in [5.41, 5.74) is 0.452. The summed E-state index contributed by atoms with van der Waals surface area (Å²) in [5.74, 6) is -3.21. The van der Waals surface area contributed by atoms with Crippen LogP contribution >= 0.6 is 48.2 Å². The van der Waals surface area contributed by atoms with Crippen molar-refractivity contribution < 1.29 is 153 Å². The van der Waals surface area contributed by atoms with Crippen molar-refractivity contribution in [2.45, 2.75) is 54.0 Å². The van der Waals surface area contributed by atoms with Gasteiger partial charge in [0.1, 0.15) is 71.0 Å². The van der Waals surface area contributed by atoms with E-state index in [4.69, 9.17) is 36.2 Å². The Morgan fingerprint density at radius 1 is 0.455 bits per heavy atom. The number of aryl methyl sites for hydroxylation is 1. The number of nitro groups is 1. The number of aromatic hydroxyl groups is 3. The summed E-state index contributed by atoms with van der Waals surface area (Å²) in [5, 5.41) is 132. The topological polar surface area (TPSA) is 699 Å². The average Bonchev–Trinajstić information content (AvgIpc) is 0.747. The van der Waals surface area contributed by atoms with Gasteiger partial charge in [-0.2, -0.15) is 52.3 Å². The van der Waals surface area contributed by atoms with Gasteiger partial charge in [-0.25, -0.2) is 21.0 Å². The van der Waals surface area contributed by atoms with Crippen LogP contribution in [0, 0.1) is 17.0 Å². The zero-order valence-electron chi connectivity index (χ0n) is 54.1. The molecule has 0 aliphatic heterocycles. The van der Waals surface area contributed by atoms with Crippen molar-refractivity contribution in [1.82, 2.24) is 0 Å². The van der Waals surface area contributed by atoms with E-state index in [9.17, 15) is 90.3 Å². The Balaban J connectivity index is 1.10. The minimum Gasteiger partial charge on any atom is -0.507 e. The van der Waals surface area contributed by atoms with Crippen LogP contribution < -0.4 is 15.2 Å². The van der Waals surface area contributed by atoms with Gasteiger partial charge in [0.2, 0.25) is 0 Å². The van der Waals surface area contributed by atoms with Gasteiger partial charge in [-0.15, -0.1) is 58.2 Å². The number of hydrogen-bond donors (Lipinski definition) is 13. The molecule has 46 nitrogen and oxygen atoms in total. The maximum Gasteiger partial charge on any atom is 0.297 e. The first-order chi connectivity index (χ1) is 52.0. The van der Waals surface area contributed by atoms with Gasteiger partial charge in [-0.05, 0) is 104 Å². The zero-order valence-corrected chi connectivity index (χ0v) is 61.4. The number of hydrogen-bond acceptors (Lipinski definition) is 44. The van der Waals surface area contributed by atoms with Gasteiger partial charge in [0.15, 0.2) is 17.2 Å². The molecule has 0 saturated heterocycles. The Morgan fingerprint density at radius 2 is 1.00 bits per heavy atom. The predicted molar refractivity (Wildman–Crippen MR) is 378 cm³/mol. The minimum atomic E-state index is -5.72. The van der Waals surface area contributed by atoms with Crippen molar-refractivity contribution >= 4 is 199 Å². The van der Waals surface area contributed by atoms with Crippen LogP contribution in [0.1, 0.15) is 18.4 Å². The Morgan fingerprint density at radius 3 is 1.62 bits per heavy atom. The van der Waals surface area contributed by atoms with Crippen LogP contribution in [0.2, 0.25) is 0 Å². The molecule has 0 bridgehead atoms. The number of nitro benzene ring substituents is 1. The van der Waals surface area contributed by atoms with E-state index in [0.29, 0.717) is 60.4 Å². The van der Waals surface area contributed by atoms with E-state index in [1.165, 1.54) is 43.3 Å². The van der Waals surface area contributed by atoms with E-state index >= 15 is 0 Å². The molecule has 0 spiro atoms. The van der Waals surface area contributed by atoms with Gasteiger partial charge in [0.05, 0.1) is 85.5 Å². The molecule has 584 valence electrons. The molecular weight excluding hydrogens is 1660 g/mol. The summed E-state index contributed by atoms with van der Waals surface area (Å²) in [6.45, 7) is 1.21. The molecular formula is C55H46N12O34S9. The number of nitrogen functional groups attached to an aromatic ring is 1. The van der Waals surface area contributed by atoms with Crippen LogP contribution in [-0.4, -0.2) is 131 Å². The number of benzene rings is 9. The van der Waals surface area contributed by atoms with Crippen LogP contribution in [-0.2, 0) is 88.1 Å². The maximum absolute atomic E-state index is 13.4. The number of ether oxygens (including phenoxy) is 2. The third kappa shape index (κ3) is 20.5. The highest BCUT2D eigenvalue weighted by molar-refractivity contribution is 7.95. The molecule has 0 aromatic heterocycles. The van der Waals surface area contributed by atoms with Crippen molar-refractivity contribution in [3.8, 4) is 28.7 Å². The van der Waals surface area contributed by atoms with Crippen molar-refractivity contribution in [3.05, 3.63) is 119 Å². The number of nitrogens with two attached hydrogens (primary N) is 1. The molecule has 0 amide bonds. The molecule has 9 rings (SSSR count). The second kappa shape index (κ2) is 36.1. The van der Waals surface area contributed by atoms with Gasteiger partial charge in [-0.3, -0.25) is 32.9 Å². The molecule has 55 heteroatoms. The van der Waals surface area contributed by atoms with Crippen LogP contribution in [0.5, 0.6) is 28.7 Å². The highest BCUT2D eigenvalue weighted by Gasteiger charge is 2.31. The third-order valence-electron chi connectivity index (χ3n) is 14.3. The van der Waals surface area contributed by atoms with Crippen LogP contribution in [0.3, 0.4) is 0 Å². The monoisotopic (exact) mass is 1710 g/mol. The van der Waals surface area contributed by atoms with Gasteiger partial charge in [0.25, 0.3) is 56.3 Å². The summed E-state index contributed by atoms with van der Waals surface area (Å²) < 4.78 is 209. The Hall–Kier alpha value is -9.57. The standard InChI is InChI=1S/C55H46N12O34S9/c1-25-16-38(43(93-13-3-15-103-99-95-74)23-37(25)62-59-34-7-4-26(17-42(34)92-12-2-14-102-98-94-73)57-60-35-10-11-45(107(80,81)82)31-19-28(106(77,78)79)20-41(68)48(31)35)63-66-52-47(109(86,87)88)22-30-29(53(52)69)6-9-36(55(30)110(89,90)91)61-64-39-24-46(108(83,84)85)32-21-44(105-101-97-76)51(54(70)49(32)50(39)56)65-58-33-8-5-27(104-100-96-75)18-40(33)67(71)72/h4-11,16-24,68-70,73-76H,2-3,12-15,56H2,1H3,(H,77,78,79)(H,80,81,82)(H,83,84,85)(H,86,87,88)(H,89,90,91). The SMILES string of the molecule is Cc1cc(N=Nc2c(S(=O)(=O)O)cc3c(S(=O)(=O)O)c(N=Nc4cc(S(=O)(=O)O)c5cc(SOOO)c(N=Nc6ccc(SOOO)cc6[N+](=O)[O-])c(O)c5c4N)ccc3c2O)c(OCCCSOOO)cc1N=Nc1ccc(N=Nc2ccc(S(=O)(=O)O)c3cc(S(=O)(=O)O)cc(O)c23)cc1OCCCSOOO. The number of phenols is 3. The first kappa shape index (κ1) is 84.4. The van der Waals surface area contributed by atoms with Crippen LogP contribution in [0.15, 0.2) is 189 Å². The normalized spacial score (nSPS) is 12.8. The van der Waals surface area contributed by atoms with Gasteiger partial charge >= 0.3 is 0 Å². The largest absolute Gasteiger partial charge is 0.507 e. The molecule has 9 aromatic carbocycles. The summed E-state index contributed by atoms with van der Waals surface area (Å²) in [6.07, 6.45) is 0.381. The van der Waals surface area contributed by atoms with Gasteiger partial charge in [-0.1, -0.05) is 20.2 Å². The Labute approximate surface area is 631 Å². The molecule has 0 radical (unpaired) electrons. The average molecular weight is 1710 g/mol. The lowest BCUT2D eigenvalue weighted by Gasteiger charge is -2.15. The highest BCUT2D eigenvalue weighted by atomic mass is 32.2. The summed E-state index contributed by atoms with van der Waals surface area (Å²) in [4.78, 5) is 4.90. The molecule has 9 aromatic rings. The van der Waals surface area contributed by atoms with Crippen molar-refractivity contribution in [3.63, 3.8) is 0 Å². The van der Waals surface area contributed by atoms with Crippen molar-refractivity contribution in [2.75, 3.05) is 30.5 Å². The number of nitrogens with zero attached hydrogens (tertiary/aromatic N) is 11. The van der Waals surface area contributed by atoms with Gasteiger partial charge < -0.3 is 30.5 Å². The Kier molecular flexibility index (Phi) is 27.7.